The van der Waals surface area contributed by atoms with Crippen LogP contribution in [-0.4, -0.2) is 17.9 Å². The van der Waals surface area contributed by atoms with Gasteiger partial charge in [-0.15, -0.1) is 0 Å². The molecule has 0 aliphatic heterocycles. The number of nitrogens with one attached hydrogen (secondary N) is 1. The molecule has 0 atom stereocenters. The highest BCUT2D eigenvalue weighted by Gasteiger charge is 2.09. The normalized spacial score (nSPS) is 11.4. The highest BCUT2D eigenvalue weighted by molar-refractivity contribution is 7.80. The first-order chi connectivity index (χ1) is 9.51. The second kappa shape index (κ2) is 5.70. The molecule has 1 aromatic heterocycles. The van der Waals surface area contributed by atoms with Crippen molar-refractivity contribution in [3.63, 3.8) is 0 Å². The fraction of sp³-hybridized carbons (Fsp3) is 0.154. The van der Waals surface area contributed by atoms with Crippen molar-refractivity contribution in [1.29, 1.82) is 0 Å². The van der Waals surface area contributed by atoms with Gasteiger partial charge in [-0.25, -0.2) is 4.79 Å². The molecule has 2 aromatic rings. The van der Waals surface area contributed by atoms with E-state index in [-0.39, 0.29) is 5.11 Å². The van der Waals surface area contributed by atoms with Crippen LogP contribution in [0.25, 0.3) is 11.0 Å². The molecule has 7 heteroatoms. The number of fused-ring (bicyclic) bond motifs is 1. The Bertz CT molecular complexity index is 752. The first kappa shape index (κ1) is 14.0. The zero-order valence-electron chi connectivity index (χ0n) is 11.0. The fourth-order valence-corrected chi connectivity index (χ4v) is 1.73. The van der Waals surface area contributed by atoms with Crippen LogP contribution in [0.3, 0.4) is 0 Å². The van der Waals surface area contributed by atoms with Crippen molar-refractivity contribution in [2.24, 2.45) is 10.8 Å². The highest BCUT2D eigenvalue weighted by Crippen LogP contribution is 2.20. The van der Waals surface area contributed by atoms with E-state index in [1.165, 1.54) is 0 Å². The van der Waals surface area contributed by atoms with Crippen LogP contribution in [0, 0.1) is 0 Å². The zero-order valence-corrected chi connectivity index (χ0v) is 11.8. The first-order valence-electron chi connectivity index (χ1n) is 5.73. The molecule has 0 fully saturated rings. The number of nitrogens with two attached hydrogens (primary N) is 1. The van der Waals surface area contributed by atoms with Gasteiger partial charge in [0.05, 0.1) is 18.4 Å². The van der Waals surface area contributed by atoms with E-state index in [4.69, 9.17) is 14.9 Å². The Labute approximate surface area is 120 Å². The van der Waals surface area contributed by atoms with Gasteiger partial charge in [-0.2, -0.15) is 5.10 Å². The van der Waals surface area contributed by atoms with Gasteiger partial charge in [0.1, 0.15) is 11.3 Å². The molecule has 2 rings (SSSR count). The predicted octanol–water partition coefficient (Wildman–Crippen LogP) is 1.36. The number of rotatable bonds is 3. The third kappa shape index (κ3) is 2.94. The van der Waals surface area contributed by atoms with Crippen LogP contribution < -0.4 is 21.5 Å². The minimum Gasteiger partial charge on any atom is -0.497 e. The summed E-state index contributed by atoms with van der Waals surface area (Å²) in [6.07, 6.45) is 0. The topological polar surface area (TPSA) is 89.8 Å². The Morgan fingerprint density at radius 2 is 2.20 bits per heavy atom. The lowest BCUT2D eigenvalue weighted by atomic mass is 10.1. The van der Waals surface area contributed by atoms with E-state index in [0.717, 1.165) is 5.39 Å². The second-order valence-corrected chi connectivity index (χ2v) is 4.46. The fourth-order valence-electron chi connectivity index (χ4n) is 1.68. The van der Waals surface area contributed by atoms with Gasteiger partial charge in [-0.05, 0) is 43.4 Å². The predicted molar refractivity (Wildman–Crippen MR) is 81.2 cm³/mol. The number of methoxy groups -OCH3 is 1. The summed E-state index contributed by atoms with van der Waals surface area (Å²) < 4.78 is 10.4. The summed E-state index contributed by atoms with van der Waals surface area (Å²) in [4.78, 5) is 11.9. The molecular formula is C13H13N3O3S. The number of hydrogen-bond acceptors (Lipinski definition) is 5. The van der Waals surface area contributed by atoms with Crippen LogP contribution >= 0.6 is 12.2 Å². The SMILES string of the molecule is COc1ccc2oc(=O)c(/C(C)=N\NC(N)=S)cc2c1. The molecule has 0 bridgehead atoms. The van der Waals surface area contributed by atoms with Crippen molar-refractivity contribution in [3.05, 3.63) is 40.2 Å². The number of hydrazone groups is 1. The molecule has 0 aliphatic carbocycles. The lowest BCUT2D eigenvalue weighted by molar-refractivity contribution is 0.415. The Kier molecular flexibility index (Phi) is 3.99. The molecule has 104 valence electrons. The molecule has 1 aromatic carbocycles. The van der Waals surface area contributed by atoms with Gasteiger partial charge in [0, 0.05) is 5.39 Å². The van der Waals surface area contributed by atoms with E-state index >= 15 is 0 Å². The maximum atomic E-state index is 11.9. The number of ether oxygens (including phenoxy) is 1. The molecule has 1 heterocycles. The molecule has 20 heavy (non-hydrogen) atoms. The standard InChI is InChI=1S/C13H13N3O3S/c1-7(15-16-13(14)20)10-6-8-5-9(18-2)3-4-11(8)19-12(10)17/h3-6H,1-2H3,(H3,14,16,20)/b15-7-. The van der Waals surface area contributed by atoms with E-state index in [9.17, 15) is 4.79 Å². The summed E-state index contributed by atoms with van der Waals surface area (Å²) in [6.45, 7) is 1.66. The van der Waals surface area contributed by atoms with Gasteiger partial charge in [0.25, 0.3) is 0 Å². The van der Waals surface area contributed by atoms with E-state index < -0.39 is 5.63 Å². The third-order valence-corrected chi connectivity index (χ3v) is 2.75. The first-order valence-corrected chi connectivity index (χ1v) is 6.14. The molecule has 0 saturated carbocycles. The molecule has 3 N–H and O–H groups in total. The van der Waals surface area contributed by atoms with Crippen LogP contribution in [0.4, 0.5) is 0 Å². The van der Waals surface area contributed by atoms with Gasteiger partial charge >= 0.3 is 5.63 Å². The molecule has 0 aliphatic rings. The van der Waals surface area contributed by atoms with Crippen molar-refractivity contribution in [3.8, 4) is 5.75 Å². The van der Waals surface area contributed by atoms with Crippen molar-refractivity contribution in [2.75, 3.05) is 7.11 Å². The monoisotopic (exact) mass is 291 g/mol. The van der Waals surface area contributed by atoms with Crippen LogP contribution in [0.5, 0.6) is 5.75 Å². The Balaban J connectivity index is 2.53. The molecule has 6 nitrogen and oxygen atoms in total. The van der Waals surface area contributed by atoms with Crippen LogP contribution in [0.1, 0.15) is 12.5 Å². The largest absolute Gasteiger partial charge is 0.497 e. The smallest absolute Gasteiger partial charge is 0.345 e. The maximum Gasteiger partial charge on any atom is 0.345 e. The summed E-state index contributed by atoms with van der Waals surface area (Å²) in [5.41, 5.74) is 8.47. The highest BCUT2D eigenvalue weighted by atomic mass is 32.1. The minimum absolute atomic E-state index is 0.0243. The van der Waals surface area contributed by atoms with Gasteiger partial charge in [0.2, 0.25) is 0 Å². The van der Waals surface area contributed by atoms with Gasteiger partial charge in [-0.1, -0.05) is 0 Å². The lowest BCUT2D eigenvalue weighted by Gasteiger charge is -2.04. The van der Waals surface area contributed by atoms with E-state index in [0.29, 0.717) is 22.6 Å². The molecule has 0 amide bonds. The van der Waals surface area contributed by atoms with Crippen LogP contribution in [0.2, 0.25) is 0 Å². The van der Waals surface area contributed by atoms with E-state index in [2.05, 4.69) is 22.7 Å². The van der Waals surface area contributed by atoms with Gasteiger partial charge in [-0.3, -0.25) is 5.43 Å². The van der Waals surface area contributed by atoms with Gasteiger partial charge < -0.3 is 14.9 Å². The third-order valence-electron chi connectivity index (χ3n) is 2.66. The van der Waals surface area contributed by atoms with Crippen LogP contribution in [-0.2, 0) is 0 Å². The Morgan fingerprint density at radius 3 is 2.85 bits per heavy atom. The van der Waals surface area contributed by atoms with Crippen molar-refractivity contribution >= 4 is 34.0 Å². The number of hydrogen-bond donors (Lipinski definition) is 2. The van der Waals surface area contributed by atoms with E-state index in [1.54, 1.807) is 38.3 Å². The summed E-state index contributed by atoms with van der Waals surface area (Å²) in [7, 11) is 1.57. The maximum absolute atomic E-state index is 11.9. The van der Waals surface area contributed by atoms with Crippen molar-refractivity contribution < 1.29 is 9.15 Å². The second-order valence-electron chi connectivity index (χ2n) is 4.02. The summed E-state index contributed by atoms with van der Waals surface area (Å²) >= 11 is 4.65. The Hall–Kier alpha value is -2.41. The molecule has 0 unspecified atom stereocenters. The van der Waals surface area contributed by atoms with Crippen molar-refractivity contribution in [1.82, 2.24) is 5.43 Å². The summed E-state index contributed by atoms with van der Waals surface area (Å²) in [6, 6.07) is 6.86. The number of benzene rings is 1. The quantitative estimate of drug-likeness (QED) is 0.384. The molecular weight excluding hydrogens is 278 g/mol. The van der Waals surface area contributed by atoms with Crippen LogP contribution in [0.15, 0.2) is 38.6 Å². The average molecular weight is 291 g/mol. The van der Waals surface area contributed by atoms with Crippen molar-refractivity contribution in [2.45, 2.75) is 6.92 Å². The summed E-state index contributed by atoms with van der Waals surface area (Å²) in [5.74, 6) is 0.674. The Morgan fingerprint density at radius 1 is 1.45 bits per heavy atom. The molecule has 0 radical (unpaired) electrons. The molecule has 0 saturated heterocycles. The summed E-state index contributed by atoms with van der Waals surface area (Å²) in [5, 5.41) is 4.68. The number of thiocarbonyl (C=S) groups is 1. The lowest BCUT2D eigenvalue weighted by Crippen LogP contribution is -2.26. The minimum atomic E-state index is -0.478. The molecule has 0 spiro atoms. The zero-order chi connectivity index (χ0) is 14.7. The number of nitrogens with zero attached hydrogens (tertiary/aromatic N) is 1. The average Bonchev–Trinajstić information content (AvgIpc) is 2.43. The van der Waals surface area contributed by atoms with E-state index in [1.807, 2.05) is 0 Å². The van der Waals surface area contributed by atoms with Gasteiger partial charge in [0.15, 0.2) is 5.11 Å².